The third-order valence-corrected chi connectivity index (χ3v) is 5.70. The number of amides is 1. The third-order valence-electron chi connectivity index (χ3n) is 5.35. The molecule has 2 fully saturated rings. The van der Waals surface area contributed by atoms with Crippen molar-refractivity contribution in [3.05, 3.63) is 11.8 Å². The first kappa shape index (κ1) is 20.5. The minimum absolute atomic E-state index is 0.0347. The molecule has 0 spiro atoms. The molecule has 0 aromatic carbocycles. The number of carbonyl (C=O) groups excluding carboxylic acids is 1. The van der Waals surface area contributed by atoms with Crippen LogP contribution in [0.4, 0.5) is 13.2 Å². The molecule has 2 heterocycles. The van der Waals surface area contributed by atoms with E-state index in [4.69, 9.17) is 16.3 Å². The molecule has 1 saturated carbocycles. The van der Waals surface area contributed by atoms with E-state index in [0.29, 0.717) is 32.0 Å². The smallest absolute Gasteiger partial charge is 0.368 e. The highest BCUT2D eigenvalue weighted by Gasteiger charge is 2.38. The third kappa shape index (κ3) is 5.38. The molecular formula is C18H25ClF3N3O2. The van der Waals surface area contributed by atoms with Gasteiger partial charge in [0.05, 0.1) is 17.1 Å². The summed E-state index contributed by atoms with van der Waals surface area (Å²) in [6.07, 6.45) is 1.96. The van der Waals surface area contributed by atoms with Crippen molar-refractivity contribution in [2.75, 3.05) is 32.8 Å². The number of halogens is 4. The van der Waals surface area contributed by atoms with Crippen LogP contribution in [-0.4, -0.2) is 72.0 Å². The normalized spacial score (nSPS) is 25.3. The molecule has 2 aliphatic heterocycles. The van der Waals surface area contributed by atoms with E-state index in [2.05, 4.69) is 4.99 Å². The van der Waals surface area contributed by atoms with Crippen molar-refractivity contribution < 1.29 is 22.7 Å². The Bertz CT molecular complexity index is 595. The number of alkyl halides is 4. The van der Waals surface area contributed by atoms with Crippen LogP contribution < -0.4 is 0 Å². The van der Waals surface area contributed by atoms with E-state index in [1.807, 2.05) is 4.90 Å². The van der Waals surface area contributed by atoms with Crippen molar-refractivity contribution in [2.24, 2.45) is 4.99 Å². The Hall–Kier alpha value is -1.28. The van der Waals surface area contributed by atoms with Crippen LogP contribution in [0.5, 0.6) is 0 Å². The van der Waals surface area contributed by atoms with Crippen molar-refractivity contribution in [1.82, 2.24) is 9.80 Å². The molecule has 1 amide bonds. The number of allylic oxidation sites excluding steroid dienone is 1. The summed E-state index contributed by atoms with van der Waals surface area (Å²) in [5.41, 5.74) is -0.708. The van der Waals surface area contributed by atoms with Gasteiger partial charge in [0, 0.05) is 38.8 Å². The van der Waals surface area contributed by atoms with Gasteiger partial charge in [0.15, 0.2) is 0 Å². The van der Waals surface area contributed by atoms with E-state index in [1.165, 1.54) is 6.42 Å². The van der Waals surface area contributed by atoms with Gasteiger partial charge in [-0.2, -0.15) is 13.2 Å². The molecular weight excluding hydrogens is 383 g/mol. The number of piperazine rings is 1. The second-order valence-electron chi connectivity index (χ2n) is 7.25. The highest BCUT2D eigenvalue weighted by Crippen LogP contribution is 2.33. The first-order chi connectivity index (χ1) is 12.8. The maximum Gasteiger partial charge on any atom is 0.414 e. The molecule has 27 heavy (non-hydrogen) atoms. The fourth-order valence-electron chi connectivity index (χ4n) is 3.73. The Morgan fingerprint density at radius 1 is 1.19 bits per heavy atom. The van der Waals surface area contributed by atoms with Crippen LogP contribution in [-0.2, 0) is 9.53 Å². The molecule has 0 bridgehead atoms. The van der Waals surface area contributed by atoms with Gasteiger partial charge in [0.25, 0.3) is 0 Å². The quantitative estimate of drug-likeness (QED) is 0.674. The summed E-state index contributed by atoms with van der Waals surface area (Å²) in [7, 11) is 0. The Kier molecular flexibility index (Phi) is 6.68. The fraction of sp³-hybridized carbons (Fsp3) is 0.778. The zero-order chi connectivity index (χ0) is 19.4. The highest BCUT2D eigenvalue weighted by atomic mass is 35.5. The number of nitrogens with zero attached hydrogens (tertiary/aromatic N) is 3. The van der Waals surface area contributed by atoms with Crippen molar-refractivity contribution in [3.8, 4) is 0 Å². The monoisotopic (exact) mass is 407 g/mol. The molecule has 9 heteroatoms. The van der Waals surface area contributed by atoms with Gasteiger partial charge in [-0.15, -0.1) is 11.6 Å². The van der Waals surface area contributed by atoms with E-state index in [9.17, 15) is 18.0 Å². The molecule has 1 unspecified atom stereocenters. The van der Waals surface area contributed by atoms with Crippen molar-refractivity contribution in [1.29, 1.82) is 0 Å². The van der Waals surface area contributed by atoms with E-state index >= 15 is 0 Å². The number of hydrogen-bond acceptors (Lipinski definition) is 4. The highest BCUT2D eigenvalue weighted by molar-refractivity contribution is 6.32. The molecule has 0 aromatic heterocycles. The number of rotatable bonds is 3. The lowest BCUT2D eigenvalue weighted by atomic mass is 9.98. The van der Waals surface area contributed by atoms with Gasteiger partial charge in [-0.3, -0.25) is 4.79 Å². The van der Waals surface area contributed by atoms with Gasteiger partial charge >= 0.3 is 6.18 Å². The van der Waals surface area contributed by atoms with Crippen LogP contribution in [0.25, 0.3) is 0 Å². The number of ether oxygens (including phenoxy) is 1. The van der Waals surface area contributed by atoms with Crippen molar-refractivity contribution in [2.45, 2.75) is 56.2 Å². The lowest BCUT2D eigenvalue weighted by molar-refractivity contribution is -0.140. The summed E-state index contributed by atoms with van der Waals surface area (Å²) in [5.74, 6) is 0.419. The largest absolute Gasteiger partial charge is 0.414 e. The Balaban J connectivity index is 1.47. The van der Waals surface area contributed by atoms with Crippen molar-refractivity contribution in [3.63, 3.8) is 0 Å². The number of amidine groups is 1. The molecule has 3 rings (SSSR count). The van der Waals surface area contributed by atoms with Crippen LogP contribution in [0.15, 0.2) is 16.8 Å². The Morgan fingerprint density at radius 3 is 2.44 bits per heavy atom. The van der Waals surface area contributed by atoms with E-state index < -0.39 is 17.1 Å². The molecule has 3 aliphatic rings. The van der Waals surface area contributed by atoms with Gasteiger partial charge in [0.2, 0.25) is 5.91 Å². The maximum absolute atomic E-state index is 12.8. The Morgan fingerprint density at radius 2 is 1.85 bits per heavy atom. The summed E-state index contributed by atoms with van der Waals surface area (Å²) in [6, 6.07) is 0. The summed E-state index contributed by atoms with van der Waals surface area (Å²) in [5, 5.41) is -0.802. The van der Waals surface area contributed by atoms with Gasteiger partial charge in [-0.1, -0.05) is 19.3 Å². The molecule has 1 aliphatic carbocycles. The summed E-state index contributed by atoms with van der Waals surface area (Å²) in [6.45, 7) is 2.09. The van der Waals surface area contributed by atoms with Crippen LogP contribution in [0, 0.1) is 0 Å². The summed E-state index contributed by atoms with van der Waals surface area (Å²) < 4.78 is 44.0. The molecule has 152 valence electrons. The number of hydrogen-bond donors (Lipinski definition) is 0. The predicted octanol–water partition coefficient (Wildman–Crippen LogP) is 3.34. The average Bonchev–Trinajstić information content (AvgIpc) is 2.66. The minimum Gasteiger partial charge on any atom is -0.368 e. The maximum atomic E-state index is 12.8. The van der Waals surface area contributed by atoms with E-state index in [-0.39, 0.29) is 25.0 Å². The molecule has 0 radical (unpaired) electrons. The molecule has 0 aromatic rings. The molecule has 0 N–H and O–H groups in total. The summed E-state index contributed by atoms with van der Waals surface area (Å²) in [4.78, 5) is 19.9. The van der Waals surface area contributed by atoms with Gasteiger partial charge in [-0.25, -0.2) is 4.99 Å². The summed E-state index contributed by atoms with van der Waals surface area (Å²) >= 11 is 6.14. The number of carbonyl (C=O) groups is 1. The second kappa shape index (κ2) is 8.82. The van der Waals surface area contributed by atoms with E-state index in [1.54, 1.807) is 4.90 Å². The van der Waals surface area contributed by atoms with Gasteiger partial charge in [-0.05, 0) is 12.8 Å². The first-order valence-electron chi connectivity index (χ1n) is 9.47. The van der Waals surface area contributed by atoms with Crippen molar-refractivity contribution >= 4 is 23.3 Å². The van der Waals surface area contributed by atoms with E-state index in [0.717, 1.165) is 31.9 Å². The predicted molar refractivity (Wildman–Crippen MR) is 96.8 cm³/mol. The Labute approximate surface area is 162 Å². The zero-order valence-corrected chi connectivity index (χ0v) is 15.9. The molecule has 5 nitrogen and oxygen atoms in total. The minimum atomic E-state index is -4.40. The van der Waals surface area contributed by atoms with Gasteiger partial charge in [0.1, 0.15) is 12.4 Å². The SMILES string of the molecule is O=C(COC1CCCCC1)N1CCN(C2=NC=C(C(F)(F)F)CC2Cl)CC1. The zero-order valence-electron chi connectivity index (χ0n) is 15.2. The lowest BCUT2D eigenvalue weighted by Gasteiger charge is -2.38. The number of aliphatic imine (C=N–C) groups is 1. The molecule has 1 atom stereocenters. The fourth-order valence-corrected chi connectivity index (χ4v) is 4.09. The topological polar surface area (TPSA) is 45.1 Å². The second-order valence-corrected chi connectivity index (χ2v) is 7.78. The molecule has 1 saturated heterocycles. The first-order valence-corrected chi connectivity index (χ1v) is 9.90. The van der Waals surface area contributed by atoms with Crippen LogP contribution >= 0.6 is 11.6 Å². The lowest BCUT2D eigenvalue weighted by Crippen LogP contribution is -2.53. The standard InChI is InChI=1S/C18H25ClF3N3O2/c19-15-10-13(18(20,21)22)11-23-17(15)25-8-6-24(7-9-25)16(26)12-27-14-4-2-1-3-5-14/h11,14-15H,1-10,12H2. The van der Waals surface area contributed by atoms with Crippen LogP contribution in [0.3, 0.4) is 0 Å². The average molecular weight is 408 g/mol. The van der Waals surface area contributed by atoms with Crippen LogP contribution in [0.2, 0.25) is 0 Å². The van der Waals surface area contributed by atoms with Gasteiger partial charge < -0.3 is 14.5 Å². The van der Waals surface area contributed by atoms with Crippen LogP contribution in [0.1, 0.15) is 38.5 Å².